The fourth-order valence-electron chi connectivity index (χ4n) is 4.72. The second-order valence-corrected chi connectivity index (χ2v) is 8.74. The number of halogens is 3. The van der Waals surface area contributed by atoms with Crippen LogP contribution in [0.25, 0.3) is 10.9 Å². The lowest BCUT2D eigenvalue weighted by molar-refractivity contribution is -0.146. The molecule has 182 valence electrons. The third-order valence-electron chi connectivity index (χ3n) is 6.41. The number of nitrogens with zero attached hydrogens (tertiary/aromatic N) is 1. The van der Waals surface area contributed by atoms with Gasteiger partial charge in [0.1, 0.15) is 12.1 Å². The molecule has 4 amide bonds. The van der Waals surface area contributed by atoms with Gasteiger partial charge in [-0.25, -0.2) is 4.79 Å². The number of hydrogen-bond acceptors (Lipinski definition) is 3. The Hall–Kier alpha value is -4.02. The molecule has 0 bridgehead atoms. The van der Waals surface area contributed by atoms with E-state index < -0.39 is 35.9 Å². The van der Waals surface area contributed by atoms with Crippen molar-refractivity contribution in [3.63, 3.8) is 0 Å². The maximum absolute atomic E-state index is 13.1. The molecule has 4 N–H and O–H groups in total. The van der Waals surface area contributed by atoms with Gasteiger partial charge in [0.25, 0.3) is 0 Å². The molecule has 0 radical (unpaired) electrons. The Bertz CT molecular complexity index is 1290. The molecule has 0 spiro atoms. The Balaban J connectivity index is 1.21. The van der Waals surface area contributed by atoms with Gasteiger partial charge in [0.2, 0.25) is 11.8 Å². The molecule has 35 heavy (non-hydrogen) atoms. The Morgan fingerprint density at radius 1 is 1.09 bits per heavy atom. The van der Waals surface area contributed by atoms with Crippen molar-refractivity contribution >= 4 is 34.4 Å². The van der Waals surface area contributed by atoms with Gasteiger partial charge in [-0.3, -0.25) is 9.59 Å². The first-order chi connectivity index (χ1) is 16.7. The van der Waals surface area contributed by atoms with Crippen LogP contribution in [0.15, 0.2) is 54.7 Å². The minimum Gasteiger partial charge on any atom is -0.361 e. The first kappa shape index (κ1) is 22.8. The summed E-state index contributed by atoms with van der Waals surface area (Å²) in [7, 11) is 0. The largest absolute Gasteiger partial charge is 0.416 e. The van der Waals surface area contributed by atoms with Crippen LogP contribution in [0, 0.1) is 0 Å². The SMILES string of the molecule is O=C(Nc1ccc(C(F)(F)F)cc1)N[C@H]1C[C@H]2C(=O)N[C@@H](Cc3c[nH]c4ccccc34)C(=O)N2C1. The van der Waals surface area contributed by atoms with E-state index >= 15 is 0 Å². The number of aromatic amines is 1. The minimum absolute atomic E-state index is 0.168. The zero-order chi connectivity index (χ0) is 24.7. The average Bonchev–Trinajstić information content (AvgIpc) is 3.42. The Labute approximate surface area is 197 Å². The highest BCUT2D eigenvalue weighted by molar-refractivity contribution is 5.98. The van der Waals surface area contributed by atoms with Crippen molar-refractivity contribution in [2.45, 2.75) is 37.1 Å². The number of H-pyrrole nitrogens is 1. The van der Waals surface area contributed by atoms with E-state index in [2.05, 4.69) is 20.9 Å². The number of urea groups is 1. The van der Waals surface area contributed by atoms with E-state index in [0.29, 0.717) is 6.42 Å². The number of rotatable bonds is 4. The fraction of sp³-hybridized carbons (Fsp3) is 0.292. The normalized spacial score (nSPS) is 22.1. The molecule has 8 nitrogen and oxygen atoms in total. The maximum Gasteiger partial charge on any atom is 0.416 e. The lowest BCUT2D eigenvalue weighted by Crippen LogP contribution is -2.61. The first-order valence-corrected chi connectivity index (χ1v) is 11.1. The van der Waals surface area contributed by atoms with Crippen LogP contribution in [-0.4, -0.2) is 52.4 Å². The van der Waals surface area contributed by atoms with Crippen molar-refractivity contribution in [3.05, 3.63) is 65.9 Å². The second kappa shape index (κ2) is 8.64. The number of nitrogens with one attached hydrogen (secondary N) is 4. The van der Waals surface area contributed by atoms with Gasteiger partial charge >= 0.3 is 12.2 Å². The molecule has 1 aromatic heterocycles. The fourth-order valence-corrected chi connectivity index (χ4v) is 4.72. The highest BCUT2D eigenvalue weighted by atomic mass is 19.4. The second-order valence-electron chi connectivity index (χ2n) is 8.74. The standard InChI is InChI=1S/C24H22F3N5O3/c25-24(26,27)14-5-7-15(8-6-14)29-23(35)30-16-10-20-21(33)31-19(22(34)32(20)12-16)9-13-11-28-18-4-2-1-3-17(13)18/h1-8,11,16,19-20,28H,9-10,12H2,(H,31,33)(H2,29,30,35)/t16-,19-,20-/m0/s1. The lowest BCUT2D eigenvalue weighted by atomic mass is 10.0. The number of piperazine rings is 1. The molecular formula is C24H22F3N5O3. The summed E-state index contributed by atoms with van der Waals surface area (Å²) >= 11 is 0. The predicted molar refractivity (Wildman–Crippen MR) is 121 cm³/mol. The van der Waals surface area contributed by atoms with Crippen LogP contribution < -0.4 is 16.0 Å². The van der Waals surface area contributed by atoms with Gasteiger partial charge in [0.05, 0.1) is 11.6 Å². The number of fused-ring (bicyclic) bond motifs is 2. The number of hydrogen-bond donors (Lipinski definition) is 4. The molecule has 3 heterocycles. The predicted octanol–water partition coefficient (Wildman–Crippen LogP) is 3.02. The summed E-state index contributed by atoms with van der Waals surface area (Å²) in [5.74, 6) is -0.491. The van der Waals surface area contributed by atoms with Crippen molar-refractivity contribution < 1.29 is 27.6 Å². The van der Waals surface area contributed by atoms with Crippen LogP contribution >= 0.6 is 0 Å². The van der Waals surface area contributed by atoms with Gasteiger partial charge in [0.15, 0.2) is 0 Å². The van der Waals surface area contributed by atoms with Crippen LogP contribution in [0.2, 0.25) is 0 Å². The van der Waals surface area contributed by atoms with Crippen molar-refractivity contribution in [2.24, 2.45) is 0 Å². The van der Waals surface area contributed by atoms with Gasteiger partial charge in [-0.2, -0.15) is 13.2 Å². The third kappa shape index (κ3) is 4.53. The van der Waals surface area contributed by atoms with Crippen LogP contribution in [0.4, 0.5) is 23.7 Å². The molecule has 0 unspecified atom stereocenters. The Kier molecular flexibility index (Phi) is 5.62. The molecule has 11 heteroatoms. The van der Waals surface area contributed by atoms with E-state index in [0.717, 1.165) is 40.7 Å². The summed E-state index contributed by atoms with van der Waals surface area (Å²) in [5.41, 5.74) is 1.24. The van der Waals surface area contributed by atoms with Crippen molar-refractivity contribution in [1.82, 2.24) is 20.5 Å². The third-order valence-corrected chi connectivity index (χ3v) is 6.41. The zero-order valence-corrected chi connectivity index (χ0v) is 18.4. The van der Waals surface area contributed by atoms with Crippen LogP contribution in [0.1, 0.15) is 17.5 Å². The minimum atomic E-state index is -4.46. The van der Waals surface area contributed by atoms with E-state index in [4.69, 9.17) is 0 Å². The Morgan fingerprint density at radius 2 is 1.83 bits per heavy atom. The van der Waals surface area contributed by atoms with E-state index in [1.807, 2.05) is 30.5 Å². The lowest BCUT2D eigenvalue weighted by Gasteiger charge is -2.34. The molecule has 3 atom stereocenters. The molecule has 2 aliphatic heterocycles. The van der Waals surface area contributed by atoms with Crippen molar-refractivity contribution in [3.8, 4) is 0 Å². The summed E-state index contributed by atoms with van der Waals surface area (Å²) in [4.78, 5) is 42.9. The van der Waals surface area contributed by atoms with Crippen molar-refractivity contribution in [2.75, 3.05) is 11.9 Å². The zero-order valence-electron chi connectivity index (χ0n) is 18.4. The van der Waals surface area contributed by atoms with Gasteiger partial charge in [-0.1, -0.05) is 18.2 Å². The smallest absolute Gasteiger partial charge is 0.361 e. The number of benzene rings is 2. The molecule has 0 saturated carbocycles. The molecule has 3 aromatic rings. The van der Waals surface area contributed by atoms with E-state index in [9.17, 15) is 27.6 Å². The van der Waals surface area contributed by atoms with Crippen LogP contribution in [0.5, 0.6) is 0 Å². The van der Waals surface area contributed by atoms with Crippen molar-refractivity contribution in [1.29, 1.82) is 0 Å². The van der Waals surface area contributed by atoms with E-state index in [1.54, 1.807) is 0 Å². The average molecular weight is 485 g/mol. The number of para-hydroxylation sites is 1. The molecule has 0 aliphatic carbocycles. The van der Waals surface area contributed by atoms with Crippen LogP contribution in [-0.2, 0) is 22.2 Å². The van der Waals surface area contributed by atoms with Gasteiger partial charge in [-0.15, -0.1) is 0 Å². The molecule has 5 rings (SSSR count). The summed E-state index contributed by atoms with van der Waals surface area (Å²) in [6.45, 7) is 0.168. The van der Waals surface area contributed by atoms with E-state index in [-0.39, 0.29) is 30.5 Å². The number of alkyl halides is 3. The van der Waals surface area contributed by atoms with Gasteiger partial charge in [0, 0.05) is 35.8 Å². The number of aromatic nitrogens is 1. The highest BCUT2D eigenvalue weighted by Crippen LogP contribution is 2.30. The monoisotopic (exact) mass is 485 g/mol. The molecule has 2 aromatic carbocycles. The first-order valence-electron chi connectivity index (χ1n) is 11.1. The topological polar surface area (TPSA) is 106 Å². The summed E-state index contributed by atoms with van der Waals surface area (Å²) in [5, 5.41) is 8.98. The summed E-state index contributed by atoms with van der Waals surface area (Å²) in [6, 6.07) is 9.27. The molecular weight excluding hydrogens is 463 g/mol. The quantitative estimate of drug-likeness (QED) is 0.457. The Morgan fingerprint density at radius 3 is 2.57 bits per heavy atom. The number of carbonyl (C=O) groups excluding carboxylic acids is 3. The molecule has 2 aliphatic rings. The summed E-state index contributed by atoms with van der Waals surface area (Å²) < 4.78 is 38.1. The number of carbonyl (C=O) groups is 3. The van der Waals surface area contributed by atoms with Gasteiger partial charge < -0.3 is 25.8 Å². The van der Waals surface area contributed by atoms with E-state index in [1.165, 1.54) is 4.90 Å². The van der Waals surface area contributed by atoms with Gasteiger partial charge in [-0.05, 0) is 42.3 Å². The molecule has 2 fully saturated rings. The maximum atomic E-state index is 13.1. The highest BCUT2D eigenvalue weighted by Gasteiger charge is 2.46. The van der Waals surface area contributed by atoms with Crippen LogP contribution in [0.3, 0.4) is 0 Å². The number of anilines is 1. The number of amides is 4. The molecule has 2 saturated heterocycles. The summed E-state index contributed by atoms with van der Waals surface area (Å²) in [6.07, 6.45) is -2.05.